The van der Waals surface area contributed by atoms with Crippen molar-refractivity contribution in [1.82, 2.24) is 0 Å². The lowest BCUT2D eigenvalue weighted by molar-refractivity contribution is -0.0184. The van der Waals surface area contributed by atoms with E-state index < -0.39 is 6.10 Å². The van der Waals surface area contributed by atoms with Crippen molar-refractivity contribution in [3.63, 3.8) is 0 Å². The van der Waals surface area contributed by atoms with Crippen LogP contribution < -0.4 is 0 Å². The molecule has 0 rings (SSSR count). The lowest BCUT2D eigenvalue weighted by atomic mass is 9.87. The second kappa shape index (κ2) is 5.30. The number of aliphatic hydroxyl groups excluding tert-OH is 2. The Bertz CT molecular complexity index is 132. The number of rotatable bonds is 6. The Hall–Kier alpha value is -0.380. The molecule has 12 heavy (non-hydrogen) atoms. The summed E-state index contributed by atoms with van der Waals surface area (Å²) in [7, 11) is 0. The van der Waals surface area contributed by atoms with E-state index in [0.717, 1.165) is 0 Å². The zero-order valence-corrected chi connectivity index (χ0v) is 7.79. The van der Waals surface area contributed by atoms with Crippen LogP contribution in [0, 0.1) is 5.41 Å². The fourth-order valence-corrected chi connectivity index (χ4v) is 0.610. The van der Waals surface area contributed by atoms with Gasteiger partial charge in [0.05, 0.1) is 25.9 Å². The topological polar surface area (TPSA) is 49.7 Å². The van der Waals surface area contributed by atoms with Crippen LogP contribution in [0.4, 0.5) is 0 Å². The van der Waals surface area contributed by atoms with Crippen LogP contribution in [0.3, 0.4) is 0 Å². The molecule has 0 spiro atoms. The van der Waals surface area contributed by atoms with Gasteiger partial charge in [0.15, 0.2) is 0 Å². The van der Waals surface area contributed by atoms with Crippen molar-refractivity contribution in [2.75, 3.05) is 19.8 Å². The van der Waals surface area contributed by atoms with E-state index in [1.165, 1.54) is 0 Å². The van der Waals surface area contributed by atoms with Gasteiger partial charge in [0, 0.05) is 5.41 Å². The van der Waals surface area contributed by atoms with Crippen LogP contribution in [-0.2, 0) is 4.74 Å². The SMILES string of the molecule is C=CC(C)(C)C(O)COCCO. The summed E-state index contributed by atoms with van der Waals surface area (Å²) in [6, 6.07) is 0. The maximum absolute atomic E-state index is 9.53. The van der Waals surface area contributed by atoms with Gasteiger partial charge in [-0.2, -0.15) is 0 Å². The molecule has 0 aliphatic heterocycles. The summed E-state index contributed by atoms with van der Waals surface area (Å²) in [4.78, 5) is 0. The summed E-state index contributed by atoms with van der Waals surface area (Å²) in [6.45, 7) is 7.87. The number of hydrogen-bond acceptors (Lipinski definition) is 3. The van der Waals surface area contributed by atoms with Gasteiger partial charge in [0.2, 0.25) is 0 Å². The van der Waals surface area contributed by atoms with E-state index in [1.54, 1.807) is 6.08 Å². The lowest BCUT2D eigenvalue weighted by Gasteiger charge is -2.26. The third kappa shape index (κ3) is 3.85. The smallest absolute Gasteiger partial charge is 0.0858 e. The first kappa shape index (κ1) is 11.6. The van der Waals surface area contributed by atoms with Crippen LogP contribution in [0.5, 0.6) is 0 Å². The molecule has 0 saturated heterocycles. The molecule has 1 unspecified atom stereocenters. The Morgan fingerprint density at radius 2 is 2.17 bits per heavy atom. The van der Waals surface area contributed by atoms with E-state index in [9.17, 15) is 5.11 Å². The van der Waals surface area contributed by atoms with E-state index >= 15 is 0 Å². The second-order valence-electron chi connectivity index (χ2n) is 3.34. The zero-order valence-electron chi connectivity index (χ0n) is 7.79. The van der Waals surface area contributed by atoms with Gasteiger partial charge in [-0.1, -0.05) is 19.9 Å². The molecular formula is C9H18O3. The van der Waals surface area contributed by atoms with Crippen LogP contribution in [0.15, 0.2) is 12.7 Å². The van der Waals surface area contributed by atoms with Gasteiger partial charge in [-0.25, -0.2) is 0 Å². The fourth-order valence-electron chi connectivity index (χ4n) is 0.610. The number of aliphatic hydroxyl groups is 2. The monoisotopic (exact) mass is 174 g/mol. The van der Waals surface area contributed by atoms with E-state index in [4.69, 9.17) is 9.84 Å². The predicted octanol–water partition coefficient (Wildman–Crippen LogP) is 0.568. The molecule has 3 heteroatoms. The highest BCUT2D eigenvalue weighted by Gasteiger charge is 2.23. The minimum atomic E-state index is -0.568. The molecule has 2 N–H and O–H groups in total. The predicted molar refractivity (Wildman–Crippen MR) is 47.9 cm³/mol. The summed E-state index contributed by atoms with van der Waals surface area (Å²) in [5, 5.41) is 17.9. The Balaban J connectivity index is 3.70. The minimum absolute atomic E-state index is 0.0127. The Labute approximate surface area is 73.7 Å². The molecule has 0 aromatic carbocycles. The molecule has 0 heterocycles. The molecule has 0 bridgehead atoms. The van der Waals surface area contributed by atoms with Gasteiger partial charge in [-0.05, 0) is 0 Å². The maximum atomic E-state index is 9.53. The van der Waals surface area contributed by atoms with Gasteiger partial charge in [-0.3, -0.25) is 0 Å². The Kier molecular flexibility index (Phi) is 5.13. The molecule has 3 nitrogen and oxygen atoms in total. The Morgan fingerprint density at radius 3 is 2.58 bits per heavy atom. The van der Waals surface area contributed by atoms with E-state index in [1.807, 2.05) is 13.8 Å². The first-order chi connectivity index (χ1) is 5.54. The molecule has 0 saturated carbocycles. The van der Waals surface area contributed by atoms with Gasteiger partial charge in [-0.15, -0.1) is 6.58 Å². The molecular weight excluding hydrogens is 156 g/mol. The molecule has 0 aliphatic carbocycles. The average molecular weight is 174 g/mol. The van der Waals surface area contributed by atoms with Crippen LogP contribution in [0.25, 0.3) is 0 Å². The maximum Gasteiger partial charge on any atom is 0.0858 e. The first-order valence-electron chi connectivity index (χ1n) is 4.05. The van der Waals surface area contributed by atoms with Crippen molar-refractivity contribution in [2.24, 2.45) is 5.41 Å². The van der Waals surface area contributed by atoms with Crippen molar-refractivity contribution in [3.8, 4) is 0 Å². The largest absolute Gasteiger partial charge is 0.394 e. The minimum Gasteiger partial charge on any atom is -0.394 e. The quantitative estimate of drug-likeness (QED) is 0.457. The van der Waals surface area contributed by atoms with Gasteiger partial charge < -0.3 is 14.9 Å². The molecule has 0 radical (unpaired) electrons. The zero-order chi connectivity index (χ0) is 9.61. The van der Waals surface area contributed by atoms with Crippen molar-refractivity contribution < 1.29 is 14.9 Å². The van der Waals surface area contributed by atoms with Gasteiger partial charge in [0.25, 0.3) is 0 Å². The van der Waals surface area contributed by atoms with Crippen molar-refractivity contribution in [2.45, 2.75) is 20.0 Å². The van der Waals surface area contributed by atoms with E-state index in [0.29, 0.717) is 0 Å². The van der Waals surface area contributed by atoms with Crippen LogP contribution in [-0.4, -0.2) is 36.1 Å². The molecule has 0 fully saturated rings. The third-order valence-corrected chi connectivity index (χ3v) is 1.90. The van der Waals surface area contributed by atoms with Gasteiger partial charge in [0.1, 0.15) is 0 Å². The first-order valence-corrected chi connectivity index (χ1v) is 4.05. The summed E-state index contributed by atoms with van der Waals surface area (Å²) >= 11 is 0. The highest BCUT2D eigenvalue weighted by Crippen LogP contribution is 2.21. The van der Waals surface area contributed by atoms with Crippen LogP contribution in [0.2, 0.25) is 0 Å². The van der Waals surface area contributed by atoms with Crippen LogP contribution >= 0.6 is 0 Å². The fraction of sp³-hybridized carbons (Fsp3) is 0.778. The molecule has 1 atom stereocenters. The standard InChI is InChI=1S/C9H18O3/c1-4-9(2,3)8(11)7-12-6-5-10/h4,8,10-11H,1,5-7H2,2-3H3. The van der Waals surface area contributed by atoms with Crippen molar-refractivity contribution >= 4 is 0 Å². The molecule has 72 valence electrons. The summed E-state index contributed by atoms with van der Waals surface area (Å²) in [5.74, 6) is 0. The van der Waals surface area contributed by atoms with Crippen molar-refractivity contribution in [1.29, 1.82) is 0 Å². The van der Waals surface area contributed by atoms with E-state index in [2.05, 4.69) is 6.58 Å². The van der Waals surface area contributed by atoms with Crippen LogP contribution in [0.1, 0.15) is 13.8 Å². The molecule has 0 amide bonds. The lowest BCUT2D eigenvalue weighted by Crippen LogP contribution is -2.31. The number of hydrogen-bond donors (Lipinski definition) is 2. The highest BCUT2D eigenvalue weighted by atomic mass is 16.5. The normalized spacial score (nSPS) is 14.3. The second-order valence-corrected chi connectivity index (χ2v) is 3.34. The summed E-state index contributed by atoms with van der Waals surface area (Å²) in [6.07, 6.45) is 1.13. The third-order valence-electron chi connectivity index (χ3n) is 1.90. The summed E-state index contributed by atoms with van der Waals surface area (Å²) in [5.41, 5.74) is -0.338. The van der Waals surface area contributed by atoms with Gasteiger partial charge >= 0.3 is 0 Å². The highest BCUT2D eigenvalue weighted by molar-refractivity contribution is 4.92. The Morgan fingerprint density at radius 1 is 1.58 bits per heavy atom. The summed E-state index contributed by atoms with van der Waals surface area (Å²) < 4.78 is 4.98. The van der Waals surface area contributed by atoms with Crippen molar-refractivity contribution in [3.05, 3.63) is 12.7 Å². The molecule has 0 aliphatic rings. The molecule has 0 aromatic rings. The van der Waals surface area contributed by atoms with E-state index in [-0.39, 0.29) is 25.2 Å². The molecule has 0 aromatic heterocycles. The number of ether oxygens (including phenoxy) is 1. The average Bonchev–Trinajstić information content (AvgIpc) is 2.05.